The van der Waals surface area contributed by atoms with Crippen molar-refractivity contribution in [1.29, 1.82) is 0 Å². The SMILES string of the molecule is CC(Cc1ccc(F)cc1)N1C[C@@H](N)[C@H](c2cn(C)c3cnccc23)C1. The Labute approximate surface area is 153 Å². The van der Waals surface area contributed by atoms with Gasteiger partial charge in [0.15, 0.2) is 0 Å². The van der Waals surface area contributed by atoms with E-state index in [4.69, 9.17) is 5.73 Å². The summed E-state index contributed by atoms with van der Waals surface area (Å²) in [5.74, 6) is 0.131. The zero-order chi connectivity index (χ0) is 18.3. The highest BCUT2D eigenvalue weighted by Crippen LogP contribution is 2.33. The summed E-state index contributed by atoms with van der Waals surface area (Å²) in [5.41, 5.74) is 10.2. The van der Waals surface area contributed by atoms with Gasteiger partial charge >= 0.3 is 0 Å². The summed E-state index contributed by atoms with van der Waals surface area (Å²) in [4.78, 5) is 6.70. The maximum absolute atomic E-state index is 13.1. The first kappa shape index (κ1) is 17.2. The van der Waals surface area contributed by atoms with Crippen molar-refractivity contribution >= 4 is 10.9 Å². The lowest BCUT2D eigenvalue weighted by Gasteiger charge is -2.24. The molecule has 2 aromatic heterocycles. The van der Waals surface area contributed by atoms with Crippen LogP contribution in [0.15, 0.2) is 48.9 Å². The number of aromatic nitrogens is 2. The Morgan fingerprint density at radius 2 is 2.00 bits per heavy atom. The van der Waals surface area contributed by atoms with E-state index in [0.717, 1.165) is 30.6 Å². The highest BCUT2D eigenvalue weighted by atomic mass is 19.1. The Balaban J connectivity index is 1.52. The van der Waals surface area contributed by atoms with E-state index in [1.807, 2.05) is 24.5 Å². The van der Waals surface area contributed by atoms with Gasteiger partial charge in [-0.15, -0.1) is 0 Å². The minimum absolute atomic E-state index is 0.115. The van der Waals surface area contributed by atoms with Crippen LogP contribution in [0.1, 0.15) is 24.0 Å². The van der Waals surface area contributed by atoms with E-state index in [-0.39, 0.29) is 11.9 Å². The number of hydrogen-bond donors (Lipinski definition) is 1. The maximum atomic E-state index is 13.1. The first-order chi connectivity index (χ1) is 12.5. The number of nitrogens with two attached hydrogens (primary N) is 1. The number of pyridine rings is 1. The summed E-state index contributed by atoms with van der Waals surface area (Å²) >= 11 is 0. The van der Waals surface area contributed by atoms with Crippen LogP contribution in [0.3, 0.4) is 0 Å². The van der Waals surface area contributed by atoms with Gasteiger partial charge in [0.25, 0.3) is 0 Å². The fraction of sp³-hybridized carbons (Fsp3) is 0.381. The Morgan fingerprint density at radius 1 is 1.23 bits per heavy atom. The summed E-state index contributed by atoms with van der Waals surface area (Å²) in [6.45, 7) is 4.06. The summed E-state index contributed by atoms with van der Waals surface area (Å²) in [5, 5.41) is 1.25. The van der Waals surface area contributed by atoms with Gasteiger partial charge in [0, 0.05) is 55.9 Å². The molecule has 26 heavy (non-hydrogen) atoms. The zero-order valence-electron chi connectivity index (χ0n) is 15.3. The van der Waals surface area contributed by atoms with Gasteiger partial charge in [0.1, 0.15) is 5.82 Å². The average molecular weight is 352 g/mol. The van der Waals surface area contributed by atoms with Gasteiger partial charge in [-0.2, -0.15) is 0 Å². The molecule has 0 radical (unpaired) electrons. The van der Waals surface area contributed by atoms with Crippen molar-refractivity contribution in [2.45, 2.75) is 31.3 Å². The third-order valence-corrected chi connectivity index (χ3v) is 5.68. The number of halogens is 1. The number of nitrogens with zero attached hydrogens (tertiary/aromatic N) is 3. The Morgan fingerprint density at radius 3 is 2.77 bits per heavy atom. The maximum Gasteiger partial charge on any atom is 0.123 e. The van der Waals surface area contributed by atoms with Crippen LogP contribution >= 0.6 is 0 Å². The van der Waals surface area contributed by atoms with E-state index in [1.54, 1.807) is 0 Å². The second kappa shape index (κ2) is 6.82. The van der Waals surface area contributed by atoms with Crippen molar-refractivity contribution < 1.29 is 4.39 Å². The lowest BCUT2D eigenvalue weighted by Crippen LogP contribution is -2.35. The quantitative estimate of drug-likeness (QED) is 0.785. The summed E-state index contributed by atoms with van der Waals surface area (Å²) in [6, 6.07) is 9.38. The van der Waals surface area contributed by atoms with E-state index >= 15 is 0 Å². The first-order valence-electron chi connectivity index (χ1n) is 9.16. The van der Waals surface area contributed by atoms with Crippen LogP contribution in [-0.2, 0) is 13.5 Å². The predicted molar refractivity (Wildman–Crippen MR) is 103 cm³/mol. The third kappa shape index (κ3) is 3.13. The molecule has 0 amide bonds. The Bertz CT molecular complexity index is 902. The topological polar surface area (TPSA) is 47.1 Å². The van der Waals surface area contributed by atoms with Crippen molar-refractivity contribution in [2.75, 3.05) is 13.1 Å². The van der Waals surface area contributed by atoms with E-state index in [9.17, 15) is 4.39 Å². The number of hydrogen-bond acceptors (Lipinski definition) is 3. The molecule has 4 rings (SSSR count). The molecule has 3 aromatic rings. The minimum atomic E-state index is -0.185. The van der Waals surface area contributed by atoms with E-state index in [2.05, 4.69) is 40.7 Å². The lowest BCUT2D eigenvalue weighted by atomic mass is 9.95. The average Bonchev–Trinajstić information content (AvgIpc) is 3.18. The number of likely N-dealkylation sites (tertiary alicyclic amines) is 1. The molecule has 5 heteroatoms. The Kier molecular flexibility index (Phi) is 4.51. The number of aryl methyl sites for hydroxylation is 1. The van der Waals surface area contributed by atoms with Crippen LogP contribution in [0, 0.1) is 5.82 Å². The monoisotopic (exact) mass is 352 g/mol. The third-order valence-electron chi connectivity index (χ3n) is 5.68. The van der Waals surface area contributed by atoms with Gasteiger partial charge in [0.2, 0.25) is 0 Å². The highest BCUT2D eigenvalue weighted by molar-refractivity contribution is 5.83. The second-order valence-corrected chi connectivity index (χ2v) is 7.49. The van der Waals surface area contributed by atoms with Gasteiger partial charge in [-0.1, -0.05) is 12.1 Å². The molecule has 0 spiro atoms. The van der Waals surface area contributed by atoms with Gasteiger partial charge in [-0.3, -0.25) is 9.88 Å². The number of rotatable bonds is 4. The Hall–Kier alpha value is -2.24. The van der Waals surface area contributed by atoms with Crippen molar-refractivity contribution in [3.8, 4) is 0 Å². The van der Waals surface area contributed by atoms with Crippen LogP contribution in [0.4, 0.5) is 4.39 Å². The molecule has 1 fully saturated rings. The normalized spacial score (nSPS) is 22.2. The van der Waals surface area contributed by atoms with Crippen LogP contribution in [-0.4, -0.2) is 39.6 Å². The second-order valence-electron chi connectivity index (χ2n) is 7.49. The molecule has 3 heterocycles. The fourth-order valence-electron chi connectivity index (χ4n) is 4.19. The van der Waals surface area contributed by atoms with Gasteiger partial charge in [-0.05, 0) is 42.7 Å². The fourth-order valence-corrected chi connectivity index (χ4v) is 4.19. The van der Waals surface area contributed by atoms with E-state index in [0.29, 0.717) is 12.0 Å². The molecule has 0 aliphatic carbocycles. The molecule has 0 bridgehead atoms. The zero-order valence-corrected chi connectivity index (χ0v) is 15.3. The highest BCUT2D eigenvalue weighted by Gasteiger charge is 2.35. The molecule has 1 aliphatic rings. The molecule has 136 valence electrons. The standard InChI is InChI=1S/C21H25FN4/c1-14(9-15-3-5-16(22)6-4-15)26-12-19(20(23)13-26)18-11-25(2)21-10-24-8-7-17(18)21/h3-8,10-11,14,19-20H,9,12-13,23H2,1-2H3/t14?,19-,20+/m0/s1. The molecule has 2 N–H and O–H groups in total. The van der Waals surface area contributed by atoms with Crippen molar-refractivity contribution in [3.05, 3.63) is 65.9 Å². The first-order valence-corrected chi connectivity index (χ1v) is 9.16. The van der Waals surface area contributed by atoms with Crippen molar-refractivity contribution in [1.82, 2.24) is 14.5 Å². The van der Waals surface area contributed by atoms with Crippen molar-refractivity contribution in [3.63, 3.8) is 0 Å². The largest absolute Gasteiger partial charge is 0.349 e. The smallest absolute Gasteiger partial charge is 0.123 e. The van der Waals surface area contributed by atoms with Crippen LogP contribution in [0.5, 0.6) is 0 Å². The molecule has 3 atom stereocenters. The number of benzene rings is 1. The van der Waals surface area contributed by atoms with Crippen molar-refractivity contribution in [2.24, 2.45) is 12.8 Å². The molecule has 0 saturated carbocycles. The molecular weight excluding hydrogens is 327 g/mol. The van der Waals surface area contributed by atoms with Crippen LogP contribution in [0.2, 0.25) is 0 Å². The minimum Gasteiger partial charge on any atom is -0.349 e. The van der Waals surface area contributed by atoms with E-state index < -0.39 is 0 Å². The molecule has 1 aliphatic heterocycles. The summed E-state index contributed by atoms with van der Waals surface area (Å²) < 4.78 is 15.2. The van der Waals surface area contributed by atoms with Gasteiger partial charge in [0.05, 0.1) is 11.7 Å². The molecule has 4 nitrogen and oxygen atoms in total. The van der Waals surface area contributed by atoms with Gasteiger partial charge < -0.3 is 10.3 Å². The molecule has 1 aromatic carbocycles. The van der Waals surface area contributed by atoms with Gasteiger partial charge in [-0.25, -0.2) is 4.39 Å². The summed E-state index contributed by atoms with van der Waals surface area (Å²) in [6.07, 6.45) is 6.86. The van der Waals surface area contributed by atoms with E-state index in [1.165, 1.54) is 23.1 Å². The number of fused-ring (bicyclic) bond motifs is 1. The van der Waals surface area contributed by atoms with Crippen LogP contribution < -0.4 is 5.73 Å². The molecule has 1 unspecified atom stereocenters. The predicted octanol–water partition coefficient (Wildman–Crippen LogP) is 3.07. The van der Waals surface area contributed by atoms with Crippen LogP contribution in [0.25, 0.3) is 10.9 Å². The molecule has 1 saturated heterocycles. The molecular formula is C21H25FN4. The summed E-state index contributed by atoms with van der Waals surface area (Å²) in [7, 11) is 2.06. The lowest BCUT2D eigenvalue weighted by molar-refractivity contribution is 0.252.